The third kappa shape index (κ3) is 3.09. The van der Waals surface area contributed by atoms with Crippen LogP contribution in [0.15, 0.2) is 23.1 Å². The molecule has 0 radical (unpaired) electrons. The van der Waals surface area contributed by atoms with Crippen molar-refractivity contribution in [3.63, 3.8) is 0 Å². The van der Waals surface area contributed by atoms with E-state index in [1.54, 1.807) is 0 Å². The molecular weight excluding hydrogens is 238 g/mol. The van der Waals surface area contributed by atoms with E-state index in [2.05, 4.69) is 0 Å². The molecule has 0 aromatic heterocycles. The van der Waals surface area contributed by atoms with E-state index >= 15 is 0 Å². The van der Waals surface area contributed by atoms with Crippen LogP contribution in [0.3, 0.4) is 0 Å². The minimum absolute atomic E-state index is 0.0719. The number of hydrogen-bond donors (Lipinski definition) is 2. The maximum atomic E-state index is 11.6. The van der Waals surface area contributed by atoms with Crippen molar-refractivity contribution in [2.24, 2.45) is 0 Å². The van der Waals surface area contributed by atoms with Gasteiger partial charge in [0, 0.05) is 0 Å². The van der Waals surface area contributed by atoms with Crippen LogP contribution >= 0.6 is 11.6 Å². The third-order valence-corrected chi connectivity index (χ3v) is 4.01. The molecule has 4 nitrogen and oxygen atoms in total. The fourth-order valence-electron chi connectivity index (χ4n) is 1.12. The summed E-state index contributed by atoms with van der Waals surface area (Å²) in [6.07, 6.45) is -0.911. The maximum absolute atomic E-state index is 11.6. The lowest BCUT2D eigenvalue weighted by atomic mass is 10.3. The number of halogens is 1. The molecule has 0 spiro atoms. The van der Waals surface area contributed by atoms with Crippen LogP contribution in [-0.4, -0.2) is 25.4 Å². The Kier molecular flexibility index (Phi) is 3.59. The molecule has 0 aliphatic rings. The molecule has 1 unspecified atom stereocenters. The summed E-state index contributed by atoms with van der Waals surface area (Å²) in [6, 6.07) is 4.09. The van der Waals surface area contributed by atoms with Gasteiger partial charge in [0.05, 0.1) is 27.5 Å². The highest BCUT2D eigenvalue weighted by Crippen LogP contribution is 2.23. The number of rotatable bonds is 3. The monoisotopic (exact) mass is 249 g/mol. The number of aliphatic hydroxyl groups excluding tert-OH is 1. The summed E-state index contributed by atoms with van der Waals surface area (Å²) in [4.78, 5) is 0.0719. The van der Waals surface area contributed by atoms with Crippen molar-refractivity contribution in [1.82, 2.24) is 0 Å². The van der Waals surface area contributed by atoms with Crippen molar-refractivity contribution < 1.29 is 13.5 Å². The van der Waals surface area contributed by atoms with Gasteiger partial charge in [-0.05, 0) is 25.1 Å². The van der Waals surface area contributed by atoms with Crippen LogP contribution in [0, 0.1) is 0 Å². The Balaban J connectivity index is 3.11. The second-order valence-electron chi connectivity index (χ2n) is 3.31. The highest BCUT2D eigenvalue weighted by Gasteiger charge is 2.17. The van der Waals surface area contributed by atoms with Crippen LogP contribution in [0.1, 0.15) is 6.92 Å². The molecule has 84 valence electrons. The number of sulfone groups is 1. The van der Waals surface area contributed by atoms with E-state index in [-0.39, 0.29) is 15.7 Å². The van der Waals surface area contributed by atoms with E-state index in [0.717, 1.165) is 0 Å². The van der Waals surface area contributed by atoms with Crippen LogP contribution < -0.4 is 5.73 Å². The lowest BCUT2D eigenvalue weighted by Gasteiger charge is -2.07. The van der Waals surface area contributed by atoms with Gasteiger partial charge in [-0.2, -0.15) is 0 Å². The lowest BCUT2D eigenvalue weighted by Crippen LogP contribution is -2.17. The number of hydrogen-bond acceptors (Lipinski definition) is 4. The van der Waals surface area contributed by atoms with E-state index in [1.165, 1.54) is 25.1 Å². The van der Waals surface area contributed by atoms with Crippen molar-refractivity contribution in [3.8, 4) is 0 Å². The summed E-state index contributed by atoms with van der Waals surface area (Å²) in [5, 5.41) is 9.23. The van der Waals surface area contributed by atoms with Crippen LogP contribution in [0.4, 0.5) is 5.69 Å². The van der Waals surface area contributed by atoms with Crippen LogP contribution in [0.25, 0.3) is 0 Å². The predicted octanol–water partition coefficient (Wildman–Crippen LogP) is 1.08. The Bertz CT molecular complexity index is 456. The first-order valence-electron chi connectivity index (χ1n) is 4.29. The fourth-order valence-corrected chi connectivity index (χ4v) is 2.76. The average Bonchev–Trinajstić information content (AvgIpc) is 2.07. The molecule has 0 aliphatic heterocycles. The quantitative estimate of drug-likeness (QED) is 0.786. The molecule has 0 amide bonds. The Morgan fingerprint density at radius 2 is 2.13 bits per heavy atom. The molecule has 6 heteroatoms. The zero-order valence-corrected chi connectivity index (χ0v) is 9.72. The number of aliphatic hydroxyl groups is 1. The highest BCUT2D eigenvalue weighted by atomic mass is 35.5. The summed E-state index contributed by atoms with van der Waals surface area (Å²) in [6.45, 7) is 1.41. The number of anilines is 1. The van der Waals surface area contributed by atoms with Crippen LogP contribution in [-0.2, 0) is 9.84 Å². The van der Waals surface area contributed by atoms with Gasteiger partial charge < -0.3 is 10.8 Å². The van der Waals surface area contributed by atoms with E-state index in [9.17, 15) is 8.42 Å². The van der Waals surface area contributed by atoms with Gasteiger partial charge in [0.25, 0.3) is 0 Å². The first kappa shape index (κ1) is 12.3. The first-order valence-corrected chi connectivity index (χ1v) is 6.32. The van der Waals surface area contributed by atoms with Gasteiger partial charge in [-0.15, -0.1) is 0 Å². The molecule has 0 fully saturated rings. The topological polar surface area (TPSA) is 80.4 Å². The second-order valence-corrected chi connectivity index (χ2v) is 5.76. The second kappa shape index (κ2) is 4.38. The molecule has 0 bridgehead atoms. The molecule has 0 saturated heterocycles. The maximum Gasteiger partial charge on any atom is 0.180 e. The summed E-state index contributed by atoms with van der Waals surface area (Å²) in [5.74, 6) is -0.326. The SMILES string of the molecule is CC(O)CS(=O)(=O)c1ccc(N)c(Cl)c1. The van der Waals surface area contributed by atoms with E-state index in [0.29, 0.717) is 5.69 Å². The summed E-state index contributed by atoms with van der Waals surface area (Å²) >= 11 is 5.70. The zero-order chi connectivity index (χ0) is 11.6. The predicted molar refractivity (Wildman–Crippen MR) is 59.6 cm³/mol. The van der Waals surface area contributed by atoms with Gasteiger partial charge in [-0.1, -0.05) is 11.6 Å². The van der Waals surface area contributed by atoms with Crippen LogP contribution in [0.2, 0.25) is 5.02 Å². The molecular formula is C9H12ClNO3S. The minimum Gasteiger partial charge on any atom is -0.398 e. The third-order valence-electron chi connectivity index (χ3n) is 1.79. The molecule has 1 aromatic carbocycles. The lowest BCUT2D eigenvalue weighted by molar-refractivity contribution is 0.218. The van der Waals surface area contributed by atoms with Crippen molar-refractivity contribution in [2.75, 3.05) is 11.5 Å². The smallest absolute Gasteiger partial charge is 0.180 e. The van der Waals surface area contributed by atoms with Gasteiger partial charge >= 0.3 is 0 Å². The average molecular weight is 250 g/mol. The Labute approximate surface area is 93.6 Å². The number of nitrogens with two attached hydrogens (primary N) is 1. The number of benzene rings is 1. The Morgan fingerprint density at radius 1 is 1.53 bits per heavy atom. The summed E-state index contributed by atoms with van der Waals surface area (Å²) in [7, 11) is -3.49. The van der Waals surface area contributed by atoms with Crippen molar-refractivity contribution >= 4 is 27.1 Å². The molecule has 0 saturated carbocycles. The summed E-state index contributed by atoms with van der Waals surface area (Å²) in [5.41, 5.74) is 5.78. The van der Waals surface area contributed by atoms with E-state index in [1.807, 2.05) is 0 Å². The molecule has 0 heterocycles. The molecule has 1 rings (SSSR count). The van der Waals surface area contributed by atoms with Crippen molar-refractivity contribution in [2.45, 2.75) is 17.9 Å². The Morgan fingerprint density at radius 3 is 2.60 bits per heavy atom. The van der Waals surface area contributed by atoms with Gasteiger partial charge in [0.15, 0.2) is 9.84 Å². The molecule has 1 aromatic rings. The van der Waals surface area contributed by atoms with E-state index in [4.69, 9.17) is 22.4 Å². The highest BCUT2D eigenvalue weighted by molar-refractivity contribution is 7.91. The van der Waals surface area contributed by atoms with Crippen molar-refractivity contribution in [3.05, 3.63) is 23.2 Å². The molecule has 15 heavy (non-hydrogen) atoms. The van der Waals surface area contributed by atoms with Gasteiger partial charge in [-0.25, -0.2) is 8.42 Å². The van der Waals surface area contributed by atoms with Gasteiger partial charge in [-0.3, -0.25) is 0 Å². The zero-order valence-electron chi connectivity index (χ0n) is 8.14. The Hall–Kier alpha value is -0.780. The largest absolute Gasteiger partial charge is 0.398 e. The normalized spacial score (nSPS) is 13.8. The summed E-state index contributed by atoms with van der Waals surface area (Å²) < 4.78 is 23.3. The van der Waals surface area contributed by atoms with Crippen molar-refractivity contribution in [1.29, 1.82) is 0 Å². The molecule has 3 N–H and O–H groups in total. The molecule has 1 atom stereocenters. The number of nitrogen functional groups attached to an aromatic ring is 1. The molecule has 0 aliphatic carbocycles. The van der Waals surface area contributed by atoms with Gasteiger partial charge in [0.2, 0.25) is 0 Å². The standard InChI is InChI=1S/C9H12ClNO3S/c1-6(12)5-15(13,14)7-2-3-9(11)8(10)4-7/h2-4,6,12H,5,11H2,1H3. The van der Waals surface area contributed by atoms with Gasteiger partial charge in [0.1, 0.15) is 0 Å². The minimum atomic E-state index is -3.49. The first-order chi connectivity index (χ1) is 6.83. The van der Waals surface area contributed by atoms with Crippen LogP contribution in [0.5, 0.6) is 0 Å². The fraction of sp³-hybridized carbons (Fsp3) is 0.333. The van der Waals surface area contributed by atoms with E-state index < -0.39 is 15.9 Å².